The second-order valence-electron chi connectivity index (χ2n) is 9.42. The van der Waals surface area contributed by atoms with Gasteiger partial charge in [0.05, 0.1) is 12.6 Å². The van der Waals surface area contributed by atoms with Gasteiger partial charge in [-0.15, -0.1) is 0 Å². The van der Waals surface area contributed by atoms with E-state index >= 15 is 0 Å². The van der Waals surface area contributed by atoms with Crippen molar-refractivity contribution in [2.75, 3.05) is 11.9 Å². The number of anilines is 2. The van der Waals surface area contributed by atoms with Crippen molar-refractivity contribution < 1.29 is 9.90 Å². The summed E-state index contributed by atoms with van der Waals surface area (Å²) >= 11 is 0. The predicted octanol–water partition coefficient (Wildman–Crippen LogP) is 5.05. The molecule has 6 heteroatoms. The number of aromatic nitrogens is 2. The number of aryl methyl sites for hydroxylation is 1. The summed E-state index contributed by atoms with van der Waals surface area (Å²) in [6.45, 7) is 5.75. The van der Waals surface area contributed by atoms with Crippen LogP contribution in [0.2, 0.25) is 0 Å². The minimum absolute atomic E-state index is 0.112. The van der Waals surface area contributed by atoms with Gasteiger partial charge < -0.3 is 15.3 Å². The van der Waals surface area contributed by atoms with Crippen molar-refractivity contribution in [2.45, 2.75) is 58.7 Å². The van der Waals surface area contributed by atoms with Crippen LogP contribution in [0.4, 0.5) is 11.5 Å². The van der Waals surface area contributed by atoms with E-state index in [9.17, 15) is 9.90 Å². The van der Waals surface area contributed by atoms with Crippen LogP contribution in [0.1, 0.15) is 56.0 Å². The molecule has 2 aliphatic rings. The number of aliphatic hydroxyl groups excluding tert-OH is 1. The van der Waals surface area contributed by atoms with E-state index in [-0.39, 0.29) is 5.91 Å². The van der Waals surface area contributed by atoms with Crippen LogP contribution in [0.5, 0.6) is 0 Å². The highest BCUT2D eigenvalue weighted by Gasteiger charge is 2.28. The predicted molar refractivity (Wildman–Crippen MR) is 130 cm³/mol. The molecule has 1 aliphatic heterocycles. The van der Waals surface area contributed by atoms with Crippen LogP contribution in [0.3, 0.4) is 0 Å². The molecular weight excluding hydrogens is 412 g/mol. The highest BCUT2D eigenvalue weighted by Crippen LogP contribution is 2.34. The largest absolute Gasteiger partial charge is 0.389 e. The molecule has 1 atom stereocenters. The van der Waals surface area contributed by atoms with E-state index in [0.29, 0.717) is 6.54 Å². The third-order valence-corrected chi connectivity index (χ3v) is 6.88. The van der Waals surface area contributed by atoms with Crippen LogP contribution in [0, 0.1) is 5.92 Å². The first-order valence-electron chi connectivity index (χ1n) is 12.0. The van der Waals surface area contributed by atoms with E-state index in [0.717, 1.165) is 59.2 Å². The number of nitrogens with one attached hydrogen (secondary N) is 1. The van der Waals surface area contributed by atoms with E-state index in [1.807, 2.05) is 23.1 Å². The van der Waals surface area contributed by atoms with Crippen molar-refractivity contribution in [1.29, 1.82) is 0 Å². The van der Waals surface area contributed by atoms with E-state index < -0.39 is 6.10 Å². The number of nitrogens with zero attached hydrogens (tertiary/aromatic N) is 3. The minimum Gasteiger partial charge on any atom is -0.389 e. The van der Waals surface area contributed by atoms with Gasteiger partial charge in [-0.25, -0.2) is 0 Å². The van der Waals surface area contributed by atoms with Crippen LogP contribution in [0.15, 0.2) is 48.5 Å². The Morgan fingerprint density at radius 3 is 2.67 bits per heavy atom. The molecule has 2 N–H and O–H groups in total. The Balaban J connectivity index is 1.38. The fraction of sp³-hybridized carbons (Fsp3) is 0.407. The average molecular weight is 445 g/mol. The van der Waals surface area contributed by atoms with E-state index in [1.165, 1.54) is 25.0 Å². The monoisotopic (exact) mass is 444 g/mol. The van der Waals surface area contributed by atoms with Crippen LogP contribution < -0.4 is 5.32 Å². The molecule has 5 rings (SSSR count). The van der Waals surface area contributed by atoms with E-state index in [2.05, 4.69) is 40.3 Å². The average Bonchev–Trinajstić information content (AvgIpc) is 3.60. The Morgan fingerprint density at radius 1 is 1.18 bits per heavy atom. The van der Waals surface area contributed by atoms with Crippen LogP contribution in [-0.4, -0.2) is 32.2 Å². The Hall–Kier alpha value is -3.12. The zero-order valence-corrected chi connectivity index (χ0v) is 19.4. The van der Waals surface area contributed by atoms with Crippen molar-refractivity contribution in [3.63, 3.8) is 0 Å². The lowest BCUT2D eigenvalue weighted by molar-refractivity contribution is -0.129. The first-order chi connectivity index (χ1) is 16.0. The normalized spacial score (nSPS) is 16.4. The van der Waals surface area contributed by atoms with Gasteiger partial charge in [0, 0.05) is 43.4 Å². The summed E-state index contributed by atoms with van der Waals surface area (Å²) < 4.78 is 2.17. The number of hydrogen-bond donors (Lipinski definition) is 2. The molecule has 2 aromatic carbocycles. The molecule has 2 heterocycles. The van der Waals surface area contributed by atoms with E-state index in [1.54, 1.807) is 13.8 Å². The van der Waals surface area contributed by atoms with Gasteiger partial charge in [-0.1, -0.05) is 43.2 Å². The SMILES string of the molecule is CC(=O)N1CCc2c(c(Nc3ccc(-c4cccc(C(C)O)c4)cc3)nn2CCC2CC2)C1. The maximum Gasteiger partial charge on any atom is 0.219 e. The van der Waals surface area contributed by atoms with Gasteiger partial charge in [0.2, 0.25) is 5.91 Å². The molecule has 0 radical (unpaired) electrons. The lowest BCUT2D eigenvalue weighted by atomic mass is 10.0. The topological polar surface area (TPSA) is 70.4 Å². The van der Waals surface area contributed by atoms with Crippen LogP contribution >= 0.6 is 0 Å². The van der Waals surface area contributed by atoms with E-state index in [4.69, 9.17) is 5.10 Å². The van der Waals surface area contributed by atoms with Crippen molar-refractivity contribution in [3.8, 4) is 11.1 Å². The van der Waals surface area contributed by atoms with Gasteiger partial charge in [-0.3, -0.25) is 9.48 Å². The third-order valence-electron chi connectivity index (χ3n) is 6.88. The van der Waals surface area contributed by atoms with Gasteiger partial charge in [0.15, 0.2) is 5.82 Å². The molecule has 6 nitrogen and oxygen atoms in total. The highest BCUT2D eigenvalue weighted by atomic mass is 16.3. The zero-order chi connectivity index (χ0) is 22.9. The Morgan fingerprint density at radius 2 is 1.97 bits per heavy atom. The molecule has 1 fully saturated rings. The molecule has 1 unspecified atom stereocenters. The molecular formula is C27H32N4O2. The summed E-state index contributed by atoms with van der Waals surface area (Å²) in [6, 6.07) is 16.3. The smallest absolute Gasteiger partial charge is 0.219 e. The number of rotatable bonds is 7. The maximum atomic E-state index is 12.0. The number of aliphatic hydroxyl groups is 1. The van der Waals surface area contributed by atoms with Crippen LogP contribution in [0.25, 0.3) is 11.1 Å². The summed E-state index contributed by atoms with van der Waals surface area (Å²) in [5, 5.41) is 18.3. The molecule has 0 spiro atoms. The highest BCUT2D eigenvalue weighted by molar-refractivity contribution is 5.74. The Bertz CT molecular complexity index is 1150. The van der Waals surface area contributed by atoms with Gasteiger partial charge in [0.25, 0.3) is 0 Å². The Labute approximate surface area is 195 Å². The second kappa shape index (κ2) is 9.02. The van der Waals surface area contributed by atoms with Gasteiger partial charge in [-0.05, 0) is 54.2 Å². The fourth-order valence-corrected chi connectivity index (χ4v) is 4.62. The molecule has 1 saturated carbocycles. The summed E-state index contributed by atoms with van der Waals surface area (Å²) in [5.74, 6) is 1.83. The summed E-state index contributed by atoms with van der Waals surface area (Å²) in [7, 11) is 0. The molecule has 3 aromatic rings. The molecule has 172 valence electrons. The molecule has 1 aromatic heterocycles. The summed E-state index contributed by atoms with van der Waals surface area (Å²) in [5.41, 5.74) is 6.47. The van der Waals surface area contributed by atoms with Gasteiger partial charge in [0.1, 0.15) is 0 Å². The fourth-order valence-electron chi connectivity index (χ4n) is 4.62. The number of carbonyl (C=O) groups is 1. The van der Waals surface area contributed by atoms with Gasteiger partial charge >= 0.3 is 0 Å². The number of fused-ring (bicyclic) bond motifs is 1. The number of amides is 1. The third kappa shape index (κ3) is 4.81. The van der Waals surface area contributed by atoms with Crippen molar-refractivity contribution in [2.24, 2.45) is 5.92 Å². The molecule has 0 bridgehead atoms. The number of carbonyl (C=O) groups excluding carboxylic acids is 1. The lowest BCUT2D eigenvalue weighted by Crippen LogP contribution is -2.34. The summed E-state index contributed by atoms with van der Waals surface area (Å²) in [6.07, 6.45) is 4.25. The Kier molecular flexibility index (Phi) is 5.94. The maximum absolute atomic E-state index is 12.0. The molecule has 1 amide bonds. The second-order valence-corrected chi connectivity index (χ2v) is 9.42. The number of benzene rings is 2. The standard InChI is InChI=1S/C27H32N4O2/c1-18(32)22-4-3-5-23(16-22)21-8-10-24(11-9-21)28-27-25-17-30(19(2)33)14-13-26(25)31(29-27)15-12-20-6-7-20/h3-5,8-11,16,18,20,32H,6-7,12-15,17H2,1-2H3,(H,28,29). The molecule has 33 heavy (non-hydrogen) atoms. The van der Waals surface area contributed by atoms with Crippen molar-refractivity contribution in [1.82, 2.24) is 14.7 Å². The zero-order valence-electron chi connectivity index (χ0n) is 19.4. The summed E-state index contributed by atoms with van der Waals surface area (Å²) in [4.78, 5) is 13.9. The quantitative estimate of drug-likeness (QED) is 0.535. The first-order valence-corrected chi connectivity index (χ1v) is 12.0. The number of hydrogen-bond acceptors (Lipinski definition) is 4. The first kappa shape index (κ1) is 21.7. The molecule has 0 saturated heterocycles. The van der Waals surface area contributed by atoms with Gasteiger partial charge in [-0.2, -0.15) is 5.10 Å². The van der Waals surface area contributed by atoms with Crippen molar-refractivity contribution >= 4 is 17.4 Å². The minimum atomic E-state index is -0.485. The van der Waals surface area contributed by atoms with Crippen LogP contribution in [-0.2, 0) is 24.3 Å². The van der Waals surface area contributed by atoms with Crippen molar-refractivity contribution in [3.05, 3.63) is 65.4 Å². The lowest BCUT2D eigenvalue weighted by Gasteiger charge is -2.26. The molecule has 1 aliphatic carbocycles.